The Morgan fingerprint density at radius 2 is 1.88 bits per heavy atom. The van der Waals surface area contributed by atoms with Crippen LogP contribution >= 0.6 is 11.6 Å². The highest BCUT2D eigenvalue weighted by Gasteiger charge is 2.39. The van der Waals surface area contributed by atoms with E-state index in [1.807, 2.05) is 0 Å². The van der Waals surface area contributed by atoms with E-state index in [0.29, 0.717) is 22.4 Å². The summed E-state index contributed by atoms with van der Waals surface area (Å²) in [6.45, 7) is 0. The largest absolute Gasteiger partial charge is 0.437 e. The summed E-state index contributed by atoms with van der Waals surface area (Å²) in [6, 6.07) is 9.88. The molecule has 0 unspecified atom stereocenters. The molecule has 0 atom stereocenters. The summed E-state index contributed by atoms with van der Waals surface area (Å²) in [5, 5.41) is 5.49. The zero-order valence-corrected chi connectivity index (χ0v) is 13.6. The first-order valence-corrected chi connectivity index (χ1v) is 7.49. The molecule has 0 bridgehead atoms. The highest BCUT2D eigenvalue weighted by Crippen LogP contribution is 2.33. The topological polar surface area (TPSA) is 94.0 Å². The van der Waals surface area contributed by atoms with Gasteiger partial charge in [-0.15, -0.1) is 0 Å². The lowest BCUT2D eigenvalue weighted by molar-refractivity contribution is -0.143. The Morgan fingerprint density at radius 1 is 1.15 bits per heavy atom. The third-order valence-electron chi connectivity index (χ3n) is 3.41. The molecule has 0 radical (unpaired) electrons. The molecule has 0 fully saturated rings. The number of carbonyl (C=O) groups excluding carboxylic acids is 1. The van der Waals surface area contributed by atoms with E-state index in [0.717, 1.165) is 0 Å². The van der Waals surface area contributed by atoms with Crippen molar-refractivity contribution in [1.29, 1.82) is 0 Å². The van der Waals surface area contributed by atoms with Crippen LogP contribution in [0.4, 0.5) is 24.8 Å². The van der Waals surface area contributed by atoms with E-state index in [1.54, 1.807) is 30.3 Å². The Bertz CT molecular complexity index is 972. The van der Waals surface area contributed by atoms with E-state index >= 15 is 0 Å². The molecule has 134 valence electrons. The number of nitrogens with zero attached hydrogens (tertiary/aromatic N) is 2. The molecule has 0 saturated carbocycles. The number of nitrogens with one attached hydrogen (secondary N) is 1. The van der Waals surface area contributed by atoms with Gasteiger partial charge in [-0.3, -0.25) is 4.79 Å². The maximum absolute atomic E-state index is 12.8. The Hall–Kier alpha value is -3.07. The van der Waals surface area contributed by atoms with Crippen LogP contribution in [0.15, 0.2) is 47.2 Å². The average Bonchev–Trinajstić information content (AvgIpc) is 3.06. The summed E-state index contributed by atoms with van der Waals surface area (Å²) in [7, 11) is 0. The highest BCUT2D eigenvalue weighted by atomic mass is 35.5. The number of halogens is 4. The van der Waals surface area contributed by atoms with Gasteiger partial charge in [-0.05, 0) is 18.2 Å². The standard InChI is InChI=1S/C16H10ClF3N4O2/c17-11-4-2-1-3-8(11)9-5-6-12(22-14(9)21)23-15(25)10-7-26-24-13(10)16(18,19)20/h1-7H,(H3,21,22,23,25). The van der Waals surface area contributed by atoms with Crippen molar-refractivity contribution in [3.8, 4) is 11.1 Å². The first-order chi connectivity index (χ1) is 12.3. The fourth-order valence-electron chi connectivity index (χ4n) is 2.24. The van der Waals surface area contributed by atoms with E-state index in [4.69, 9.17) is 17.3 Å². The van der Waals surface area contributed by atoms with Crippen LogP contribution in [0.5, 0.6) is 0 Å². The van der Waals surface area contributed by atoms with E-state index in [1.165, 1.54) is 6.07 Å². The van der Waals surface area contributed by atoms with Gasteiger partial charge in [0, 0.05) is 16.1 Å². The first kappa shape index (κ1) is 17.7. The molecule has 10 heteroatoms. The summed E-state index contributed by atoms with van der Waals surface area (Å²) in [5.41, 5.74) is 4.86. The van der Waals surface area contributed by atoms with Crippen molar-refractivity contribution in [3.05, 3.63) is 58.9 Å². The van der Waals surface area contributed by atoms with Gasteiger partial charge in [0.15, 0.2) is 5.69 Å². The Labute approximate surface area is 149 Å². The van der Waals surface area contributed by atoms with Crippen LogP contribution in [-0.4, -0.2) is 16.0 Å². The molecule has 1 aromatic carbocycles. The number of alkyl halides is 3. The van der Waals surface area contributed by atoms with Crippen molar-refractivity contribution in [2.75, 3.05) is 11.1 Å². The van der Waals surface area contributed by atoms with Crippen LogP contribution in [0.2, 0.25) is 5.02 Å². The molecule has 0 aliphatic carbocycles. The van der Waals surface area contributed by atoms with Crippen LogP contribution in [0.3, 0.4) is 0 Å². The van der Waals surface area contributed by atoms with Crippen LogP contribution in [0, 0.1) is 0 Å². The van der Waals surface area contributed by atoms with Gasteiger partial charge in [-0.2, -0.15) is 13.2 Å². The molecule has 0 saturated heterocycles. The lowest BCUT2D eigenvalue weighted by Gasteiger charge is -2.10. The van der Waals surface area contributed by atoms with Crippen molar-refractivity contribution in [2.24, 2.45) is 0 Å². The van der Waals surface area contributed by atoms with Crippen LogP contribution in [0.25, 0.3) is 11.1 Å². The van der Waals surface area contributed by atoms with Gasteiger partial charge < -0.3 is 15.6 Å². The molecule has 3 aromatic rings. The van der Waals surface area contributed by atoms with Gasteiger partial charge >= 0.3 is 6.18 Å². The van der Waals surface area contributed by atoms with E-state index in [9.17, 15) is 18.0 Å². The molecular formula is C16H10ClF3N4O2. The predicted octanol–water partition coefficient (Wildman–Crippen LogP) is 4.24. The lowest BCUT2D eigenvalue weighted by atomic mass is 10.1. The molecule has 0 aliphatic heterocycles. The third kappa shape index (κ3) is 3.47. The molecule has 1 amide bonds. The Balaban J connectivity index is 1.86. The normalized spacial score (nSPS) is 11.4. The molecule has 6 nitrogen and oxygen atoms in total. The Morgan fingerprint density at radius 3 is 2.54 bits per heavy atom. The zero-order valence-electron chi connectivity index (χ0n) is 12.8. The predicted molar refractivity (Wildman–Crippen MR) is 88.6 cm³/mol. The van der Waals surface area contributed by atoms with Crippen molar-refractivity contribution < 1.29 is 22.5 Å². The molecule has 2 aromatic heterocycles. The lowest BCUT2D eigenvalue weighted by Crippen LogP contribution is -2.18. The minimum Gasteiger partial charge on any atom is -0.383 e. The number of amides is 1. The number of hydrogen-bond acceptors (Lipinski definition) is 5. The number of benzene rings is 1. The van der Waals surface area contributed by atoms with E-state index < -0.39 is 23.3 Å². The summed E-state index contributed by atoms with van der Waals surface area (Å²) in [6.07, 6.45) is -4.21. The van der Waals surface area contributed by atoms with Gasteiger partial charge in [-0.1, -0.05) is 35.0 Å². The SMILES string of the molecule is Nc1nc(NC(=O)c2conc2C(F)(F)F)ccc1-c1ccccc1Cl. The van der Waals surface area contributed by atoms with Gasteiger partial charge in [0.1, 0.15) is 23.5 Å². The maximum atomic E-state index is 12.8. The number of anilines is 2. The maximum Gasteiger partial charge on any atom is 0.437 e. The fourth-order valence-corrected chi connectivity index (χ4v) is 2.48. The Kier molecular flexibility index (Phi) is 4.56. The molecule has 26 heavy (non-hydrogen) atoms. The quantitative estimate of drug-likeness (QED) is 0.706. The first-order valence-electron chi connectivity index (χ1n) is 7.11. The molecule has 2 heterocycles. The van der Waals surface area contributed by atoms with Crippen LogP contribution in [-0.2, 0) is 6.18 Å². The number of hydrogen-bond donors (Lipinski definition) is 2. The second-order valence-corrected chi connectivity index (χ2v) is 5.55. The molecule has 0 aliphatic rings. The number of rotatable bonds is 3. The minimum absolute atomic E-state index is 0.0300. The van der Waals surface area contributed by atoms with E-state index in [-0.39, 0.29) is 11.6 Å². The van der Waals surface area contributed by atoms with Gasteiger partial charge in [0.05, 0.1) is 0 Å². The van der Waals surface area contributed by atoms with Crippen LogP contribution in [0.1, 0.15) is 16.1 Å². The van der Waals surface area contributed by atoms with Gasteiger partial charge in [-0.25, -0.2) is 4.98 Å². The summed E-state index contributed by atoms with van der Waals surface area (Å²) < 4.78 is 42.6. The van der Waals surface area contributed by atoms with Gasteiger partial charge in [0.2, 0.25) is 0 Å². The number of nitrogens with two attached hydrogens (primary N) is 1. The minimum atomic E-state index is -4.82. The smallest absolute Gasteiger partial charge is 0.383 e. The molecule has 3 rings (SSSR count). The third-order valence-corrected chi connectivity index (χ3v) is 3.74. The second kappa shape index (κ2) is 6.68. The van der Waals surface area contributed by atoms with E-state index in [2.05, 4.69) is 20.0 Å². The van der Waals surface area contributed by atoms with Crippen molar-refractivity contribution in [3.63, 3.8) is 0 Å². The monoisotopic (exact) mass is 382 g/mol. The highest BCUT2D eigenvalue weighted by molar-refractivity contribution is 6.33. The number of pyridine rings is 1. The average molecular weight is 383 g/mol. The van der Waals surface area contributed by atoms with Gasteiger partial charge in [0.25, 0.3) is 5.91 Å². The molecule has 3 N–H and O–H groups in total. The fraction of sp³-hybridized carbons (Fsp3) is 0.0625. The van der Waals surface area contributed by atoms with Crippen molar-refractivity contribution in [1.82, 2.24) is 10.1 Å². The summed E-state index contributed by atoms with van der Waals surface area (Å²) in [5.74, 6) is -1.05. The molecule has 0 spiro atoms. The van der Waals surface area contributed by atoms with Crippen molar-refractivity contribution >= 4 is 29.1 Å². The van der Waals surface area contributed by atoms with Crippen molar-refractivity contribution in [2.45, 2.75) is 6.18 Å². The summed E-state index contributed by atoms with van der Waals surface area (Å²) in [4.78, 5) is 16.0. The number of aromatic nitrogens is 2. The van der Waals surface area contributed by atoms with Crippen LogP contribution < -0.4 is 11.1 Å². The molecular weight excluding hydrogens is 373 g/mol. The summed E-state index contributed by atoms with van der Waals surface area (Å²) >= 11 is 6.11. The zero-order chi connectivity index (χ0) is 18.9. The second-order valence-electron chi connectivity index (χ2n) is 5.14. The number of carbonyl (C=O) groups is 1. The number of nitrogen functional groups attached to an aromatic ring is 1.